The van der Waals surface area contributed by atoms with Crippen LogP contribution >= 0.6 is 23.2 Å². The molecule has 0 atom stereocenters. The summed E-state index contributed by atoms with van der Waals surface area (Å²) in [6, 6.07) is 35.7. The fourth-order valence-corrected chi connectivity index (χ4v) is 6.12. The summed E-state index contributed by atoms with van der Waals surface area (Å²) in [6.45, 7) is 0. The number of nitrogens with one attached hydrogen (secondary N) is 2. The van der Waals surface area contributed by atoms with Gasteiger partial charge in [0.05, 0.1) is 33.1 Å². The van der Waals surface area contributed by atoms with Crippen molar-refractivity contribution in [1.29, 1.82) is 0 Å². The van der Waals surface area contributed by atoms with Crippen LogP contribution < -0.4 is 6.15 Å². The number of benzene rings is 3. The van der Waals surface area contributed by atoms with E-state index in [2.05, 4.69) is 56.3 Å². The number of hydrogen-bond acceptors (Lipinski definition) is 7. The van der Waals surface area contributed by atoms with E-state index in [1.54, 1.807) is 12.1 Å². The van der Waals surface area contributed by atoms with Crippen LogP contribution in [0.5, 0.6) is 0 Å². The van der Waals surface area contributed by atoms with Crippen molar-refractivity contribution in [3.63, 3.8) is 0 Å². The van der Waals surface area contributed by atoms with Gasteiger partial charge in [-0.2, -0.15) is 0 Å². The summed E-state index contributed by atoms with van der Waals surface area (Å²) in [7, 11) is 0. The quantitative estimate of drug-likeness (QED) is 0.109. The topological polar surface area (TPSA) is 144 Å². The number of fused-ring (bicyclic) bond motifs is 7. The minimum Gasteiger partial charge on any atom is -0.344 e. The van der Waals surface area contributed by atoms with Crippen LogP contribution in [0.2, 0.25) is 10.3 Å². The molecule has 7 heterocycles. The maximum Gasteiger partial charge on any atom is 0.155 e. The first-order valence-corrected chi connectivity index (χ1v) is 15.3. The monoisotopic (exact) mass is 651 g/mol. The molecule has 10 aromatic rings. The first-order chi connectivity index (χ1) is 22.5. The Bertz CT molecular complexity index is 2540. The summed E-state index contributed by atoms with van der Waals surface area (Å²) >= 11 is 11.8. The van der Waals surface area contributed by atoms with Crippen LogP contribution in [0.15, 0.2) is 109 Å². The number of hydrogen-bond donors (Lipinski definition) is 3. The van der Waals surface area contributed by atoms with Crippen molar-refractivity contribution >= 4 is 111 Å². The summed E-state index contributed by atoms with van der Waals surface area (Å²) in [4.78, 5) is 34.7. The van der Waals surface area contributed by atoms with Gasteiger partial charge in [0.25, 0.3) is 0 Å². The zero-order valence-corrected chi connectivity index (χ0v) is 26.1. The number of halogens is 2. The Balaban J connectivity index is 0.000000162. The van der Waals surface area contributed by atoms with Crippen LogP contribution in [0.25, 0.3) is 88.0 Å². The number of aromatic amines is 2. The fourth-order valence-electron chi connectivity index (χ4n) is 5.83. The Hall–Kier alpha value is -5.74. The van der Waals surface area contributed by atoms with Gasteiger partial charge in [-0.25, -0.2) is 29.9 Å². The predicted molar refractivity (Wildman–Crippen MR) is 192 cm³/mol. The van der Waals surface area contributed by atoms with E-state index in [0.29, 0.717) is 21.6 Å². The van der Waals surface area contributed by atoms with Gasteiger partial charge in [-0.3, -0.25) is 0 Å². The molecule has 226 valence electrons. The molecule has 11 heteroatoms. The van der Waals surface area contributed by atoms with E-state index in [4.69, 9.17) is 43.1 Å². The summed E-state index contributed by atoms with van der Waals surface area (Å²) in [5, 5.41) is 7.17. The van der Waals surface area contributed by atoms with E-state index < -0.39 is 0 Å². The van der Waals surface area contributed by atoms with Crippen molar-refractivity contribution in [3.05, 3.63) is 120 Å². The van der Waals surface area contributed by atoms with Gasteiger partial charge in [0.2, 0.25) is 0 Å². The third-order valence-corrected chi connectivity index (χ3v) is 8.45. The summed E-state index contributed by atoms with van der Waals surface area (Å²) in [5.74, 6) is 0. The molecule has 7 aromatic heterocycles. The SMILES string of the molecule is Clc1ccc2ccc3ccc(Cl)nc3c2n1.N.c1cc2ccc3ccc4nc5ccc6ccc7ccc(nc1nc2c3[nH]4)[nH]c7c6n5. The first kappa shape index (κ1) is 28.7. The maximum absolute atomic E-state index is 5.89. The Morgan fingerprint density at radius 2 is 0.681 bits per heavy atom. The molecule has 5 N–H and O–H groups in total. The van der Waals surface area contributed by atoms with Crippen LogP contribution in [-0.2, 0) is 0 Å². The van der Waals surface area contributed by atoms with Crippen molar-refractivity contribution < 1.29 is 0 Å². The molecule has 3 aromatic carbocycles. The molecule has 8 bridgehead atoms. The van der Waals surface area contributed by atoms with Gasteiger partial charge in [0, 0.05) is 32.3 Å². The van der Waals surface area contributed by atoms with Crippen LogP contribution in [0, 0.1) is 0 Å². The second-order valence-electron chi connectivity index (χ2n) is 10.9. The maximum atomic E-state index is 5.89. The Labute approximate surface area is 275 Å². The molecular formula is C36H23Cl2N9. The van der Waals surface area contributed by atoms with E-state index in [9.17, 15) is 0 Å². The van der Waals surface area contributed by atoms with Gasteiger partial charge in [0.15, 0.2) is 11.3 Å². The number of nitrogens with zero attached hydrogens (tertiary/aromatic N) is 6. The van der Waals surface area contributed by atoms with Gasteiger partial charge < -0.3 is 16.1 Å². The molecule has 0 spiro atoms. The molecule has 47 heavy (non-hydrogen) atoms. The second-order valence-corrected chi connectivity index (χ2v) is 11.7. The zero-order valence-electron chi connectivity index (χ0n) is 24.5. The van der Waals surface area contributed by atoms with Crippen molar-refractivity contribution in [3.8, 4) is 0 Å². The number of pyridine rings is 6. The molecule has 10 rings (SSSR count). The summed E-state index contributed by atoms with van der Waals surface area (Å²) in [5.41, 5.74) is 7.92. The Kier molecular flexibility index (Phi) is 6.87. The van der Waals surface area contributed by atoms with Crippen molar-refractivity contribution in [2.45, 2.75) is 0 Å². The van der Waals surface area contributed by atoms with E-state index in [-0.39, 0.29) is 6.15 Å². The molecule has 0 saturated carbocycles. The third-order valence-electron chi connectivity index (χ3n) is 8.03. The third kappa shape index (κ3) is 5.12. The minimum atomic E-state index is 0. The molecule has 0 saturated heterocycles. The highest BCUT2D eigenvalue weighted by molar-refractivity contribution is 6.30. The van der Waals surface area contributed by atoms with Crippen molar-refractivity contribution in [2.75, 3.05) is 0 Å². The van der Waals surface area contributed by atoms with Gasteiger partial charge >= 0.3 is 0 Å². The van der Waals surface area contributed by atoms with Gasteiger partial charge in [-0.15, -0.1) is 0 Å². The van der Waals surface area contributed by atoms with Crippen LogP contribution in [-0.4, -0.2) is 39.9 Å². The van der Waals surface area contributed by atoms with E-state index in [1.165, 1.54) is 0 Å². The van der Waals surface area contributed by atoms with Gasteiger partial charge in [-0.05, 0) is 72.8 Å². The Morgan fingerprint density at radius 1 is 0.340 bits per heavy atom. The molecule has 0 aliphatic heterocycles. The standard InChI is InChI=1S/C24H14N6.C12H6Cl2N2.H3N/c1-2-14-6-10-18-26-20-12-8-16-4-3-15-7-11-19(29-23(15)24(16)30-20)25-17-9-5-13(1)21(27-17)22(14)28-18;13-9-5-3-7-1-2-8-4-6-10(14)16-12(8)11(7)15-9;/h1-12H,(H,25,27,29)(H,26,28,30);1-6H;1H3. The molecule has 0 fully saturated rings. The first-order valence-electron chi connectivity index (χ1n) is 14.5. The highest BCUT2D eigenvalue weighted by Gasteiger charge is 2.07. The van der Waals surface area contributed by atoms with Crippen molar-refractivity contribution in [2.24, 2.45) is 0 Å². The number of aromatic nitrogens is 8. The van der Waals surface area contributed by atoms with E-state index in [1.807, 2.05) is 60.7 Å². The molecule has 0 aliphatic rings. The predicted octanol–water partition coefficient (Wildman–Crippen LogP) is 9.66. The highest BCUT2D eigenvalue weighted by Crippen LogP contribution is 2.27. The molecule has 9 nitrogen and oxygen atoms in total. The fraction of sp³-hybridized carbons (Fsp3) is 0. The summed E-state index contributed by atoms with van der Waals surface area (Å²) in [6.07, 6.45) is 0. The molecule has 0 radical (unpaired) electrons. The second kappa shape index (κ2) is 11.3. The van der Waals surface area contributed by atoms with Crippen molar-refractivity contribution in [1.82, 2.24) is 46.0 Å². The number of rotatable bonds is 0. The largest absolute Gasteiger partial charge is 0.344 e. The average Bonchev–Trinajstić information content (AvgIpc) is 3.08. The highest BCUT2D eigenvalue weighted by atomic mass is 35.5. The lowest BCUT2D eigenvalue weighted by Gasteiger charge is -2.06. The minimum absolute atomic E-state index is 0. The lowest BCUT2D eigenvalue weighted by Crippen LogP contribution is -1.92. The van der Waals surface area contributed by atoms with Crippen LogP contribution in [0.4, 0.5) is 0 Å². The average molecular weight is 653 g/mol. The summed E-state index contributed by atoms with van der Waals surface area (Å²) < 4.78 is 0. The van der Waals surface area contributed by atoms with E-state index in [0.717, 1.165) is 76.7 Å². The lowest BCUT2D eigenvalue weighted by atomic mass is 10.1. The normalized spacial score (nSPS) is 11.4. The molecule has 0 unspecified atom stereocenters. The Morgan fingerprint density at radius 3 is 1.13 bits per heavy atom. The molecule has 0 aliphatic carbocycles. The van der Waals surface area contributed by atoms with E-state index >= 15 is 0 Å². The molecular weight excluding hydrogens is 629 g/mol. The van der Waals surface area contributed by atoms with Crippen LogP contribution in [0.3, 0.4) is 0 Å². The zero-order chi connectivity index (χ0) is 30.8. The van der Waals surface area contributed by atoms with Crippen LogP contribution in [0.1, 0.15) is 0 Å². The lowest BCUT2D eigenvalue weighted by molar-refractivity contribution is 1.28. The number of H-pyrrole nitrogens is 2. The van der Waals surface area contributed by atoms with Gasteiger partial charge in [-0.1, -0.05) is 59.6 Å². The smallest absolute Gasteiger partial charge is 0.155 e. The molecule has 0 amide bonds. The van der Waals surface area contributed by atoms with Gasteiger partial charge in [0.1, 0.15) is 21.6 Å².